The normalized spacial score (nSPS) is 21.9. The van der Waals surface area contributed by atoms with Gasteiger partial charge in [-0.25, -0.2) is 0 Å². The van der Waals surface area contributed by atoms with Crippen LogP contribution < -0.4 is 11.1 Å². The summed E-state index contributed by atoms with van der Waals surface area (Å²) in [4.78, 5) is 12.2. The van der Waals surface area contributed by atoms with Crippen LogP contribution in [0.15, 0.2) is 24.3 Å². The van der Waals surface area contributed by atoms with Gasteiger partial charge < -0.3 is 15.8 Å². The molecular formula is C16H24N2O2. The molecular weight excluding hydrogens is 252 g/mol. The molecule has 0 fully saturated rings. The van der Waals surface area contributed by atoms with Gasteiger partial charge in [-0.1, -0.05) is 38.1 Å². The largest absolute Gasteiger partial charge is 0.383 e. The Hall–Kier alpha value is -1.39. The monoisotopic (exact) mass is 276 g/mol. The zero-order chi connectivity index (χ0) is 14.8. The molecule has 3 N–H and O–H groups in total. The van der Waals surface area contributed by atoms with E-state index in [2.05, 4.69) is 31.3 Å². The minimum Gasteiger partial charge on any atom is -0.383 e. The molecule has 1 aliphatic rings. The number of hydrogen-bond acceptors (Lipinski definition) is 3. The lowest BCUT2D eigenvalue weighted by molar-refractivity contribution is -0.125. The lowest BCUT2D eigenvalue weighted by Gasteiger charge is -2.40. The van der Waals surface area contributed by atoms with Gasteiger partial charge in [0, 0.05) is 7.11 Å². The molecule has 0 saturated heterocycles. The van der Waals surface area contributed by atoms with Gasteiger partial charge in [-0.2, -0.15) is 0 Å². The van der Waals surface area contributed by atoms with Crippen LogP contribution in [0.1, 0.15) is 37.4 Å². The summed E-state index contributed by atoms with van der Waals surface area (Å²) in [5.41, 5.74) is 8.37. The number of carbonyl (C=O) groups is 1. The highest BCUT2D eigenvalue weighted by Crippen LogP contribution is 2.43. The summed E-state index contributed by atoms with van der Waals surface area (Å²) in [6.45, 7) is 4.62. The van der Waals surface area contributed by atoms with Gasteiger partial charge in [-0.3, -0.25) is 4.79 Å². The number of amides is 1. The SMILES string of the molecule is COCC(N)C(=O)NC1c2ccccc2CCC1(C)C. The van der Waals surface area contributed by atoms with E-state index in [1.165, 1.54) is 11.1 Å². The molecule has 0 saturated carbocycles. The topological polar surface area (TPSA) is 64.3 Å². The number of nitrogens with one attached hydrogen (secondary N) is 1. The lowest BCUT2D eigenvalue weighted by Crippen LogP contribution is -2.49. The van der Waals surface area contributed by atoms with Crippen LogP contribution in [0.4, 0.5) is 0 Å². The maximum absolute atomic E-state index is 12.2. The number of nitrogens with two attached hydrogens (primary N) is 1. The first-order valence-electron chi connectivity index (χ1n) is 7.08. The zero-order valence-corrected chi connectivity index (χ0v) is 12.5. The van der Waals surface area contributed by atoms with Crippen LogP contribution in [0.2, 0.25) is 0 Å². The molecule has 0 aliphatic heterocycles. The number of rotatable bonds is 4. The third-order valence-electron chi connectivity index (χ3n) is 4.16. The number of carbonyl (C=O) groups excluding carboxylic acids is 1. The molecule has 2 unspecified atom stereocenters. The number of aryl methyl sites for hydroxylation is 1. The predicted octanol–water partition coefficient (Wildman–Crippen LogP) is 1.79. The van der Waals surface area contributed by atoms with Gasteiger partial charge in [0.2, 0.25) is 5.91 Å². The van der Waals surface area contributed by atoms with Gasteiger partial charge in [-0.05, 0) is 29.4 Å². The Kier molecular flexibility index (Phi) is 4.45. The third kappa shape index (κ3) is 3.02. The molecule has 0 aromatic heterocycles. The van der Waals surface area contributed by atoms with Gasteiger partial charge >= 0.3 is 0 Å². The Bertz CT molecular complexity index is 485. The van der Waals surface area contributed by atoms with Gasteiger partial charge in [0.05, 0.1) is 12.6 Å². The van der Waals surface area contributed by atoms with Crippen molar-refractivity contribution < 1.29 is 9.53 Å². The molecule has 4 nitrogen and oxygen atoms in total. The standard InChI is InChI=1S/C16H24N2O2/c1-16(2)9-8-11-6-4-5-7-12(11)14(16)18-15(19)13(17)10-20-3/h4-7,13-14H,8-10,17H2,1-3H3,(H,18,19). The van der Waals surface area contributed by atoms with Crippen molar-refractivity contribution in [2.24, 2.45) is 11.1 Å². The van der Waals surface area contributed by atoms with E-state index in [1.807, 2.05) is 12.1 Å². The summed E-state index contributed by atoms with van der Waals surface area (Å²) < 4.78 is 4.95. The van der Waals surface area contributed by atoms with E-state index in [0.29, 0.717) is 0 Å². The van der Waals surface area contributed by atoms with Gasteiger partial charge in [-0.15, -0.1) is 0 Å². The first-order chi connectivity index (χ1) is 9.45. The molecule has 20 heavy (non-hydrogen) atoms. The number of fused-ring (bicyclic) bond motifs is 1. The Morgan fingerprint density at radius 1 is 1.50 bits per heavy atom. The minimum atomic E-state index is -0.620. The van der Waals surface area contributed by atoms with Crippen LogP contribution >= 0.6 is 0 Å². The number of ether oxygens (including phenoxy) is 1. The highest BCUT2D eigenvalue weighted by Gasteiger charge is 2.37. The molecule has 2 rings (SSSR count). The molecule has 1 aromatic carbocycles. The van der Waals surface area contributed by atoms with E-state index < -0.39 is 6.04 Å². The van der Waals surface area contributed by atoms with E-state index >= 15 is 0 Å². The molecule has 1 aliphatic carbocycles. The van der Waals surface area contributed by atoms with Crippen molar-refractivity contribution in [1.29, 1.82) is 0 Å². The summed E-state index contributed by atoms with van der Waals surface area (Å²) >= 11 is 0. The quantitative estimate of drug-likeness (QED) is 0.881. The molecule has 2 atom stereocenters. The molecule has 0 bridgehead atoms. The minimum absolute atomic E-state index is 0.00264. The average molecular weight is 276 g/mol. The Labute approximate surface area is 120 Å². The van der Waals surface area contributed by atoms with Gasteiger partial charge in [0.1, 0.15) is 6.04 Å². The van der Waals surface area contributed by atoms with Crippen molar-refractivity contribution in [3.8, 4) is 0 Å². The fourth-order valence-corrected chi connectivity index (χ4v) is 2.84. The lowest BCUT2D eigenvalue weighted by atomic mass is 9.70. The van der Waals surface area contributed by atoms with E-state index in [-0.39, 0.29) is 24.0 Å². The van der Waals surface area contributed by atoms with Crippen molar-refractivity contribution in [3.63, 3.8) is 0 Å². The summed E-state index contributed by atoms with van der Waals surface area (Å²) in [7, 11) is 1.55. The Morgan fingerprint density at radius 2 is 2.20 bits per heavy atom. The molecule has 110 valence electrons. The second kappa shape index (κ2) is 5.94. The highest BCUT2D eigenvalue weighted by molar-refractivity contribution is 5.82. The van der Waals surface area contributed by atoms with Crippen LogP contribution in [0.25, 0.3) is 0 Å². The fraction of sp³-hybridized carbons (Fsp3) is 0.562. The zero-order valence-electron chi connectivity index (χ0n) is 12.5. The molecule has 1 amide bonds. The van der Waals surface area contributed by atoms with Crippen molar-refractivity contribution in [1.82, 2.24) is 5.32 Å². The van der Waals surface area contributed by atoms with E-state index in [1.54, 1.807) is 7.11 Å². The summed E-state index contributed by atoms with van der Waals surface area (Å²) in [6, 6.07) is 7.69. The third-order valence-corrected chi connectivity index (χ3v) is 4.16. The van der Waals surface area contributed by atoms with Gasteiger partial charge in [0.15, 0.2) is 0 Å². The first kappa shape index (κ1) is 15.0. The first-order valence-corrected chi connectivity index (χ1v) is 7.08. The van der Waals surface area contributed by atoms with Crippen LogP contribution in [-0.2, 0) is 16.0 Å². The maximum Gasteiger partial charge on any atom is 0.239 e. The van der Waals surface area contributed by atoms with E-state index in [0.717, 1.165) is 12.8 Å². The molecule has 4 heteroatoms. The average Bonchev–Trinajstić information content (AvgIpc) is 2.42. The summed E-state index contributed by atoms with van der Waals surface area (Å²) in [5, 5.41) is 3.11. The highest BCUT2D eigenvalue weighted by atomic mass is 16.5. The number of hydrogen-bond donors (Lipinski definition) is 2. The van der Waals surface area contributed by atoms with Crippen LogP contribution in [-0.4, -0.2) is 25.7 Å². The van der Waals surface area contributed by atoms with E-state index in [9.17, 15) is 4.79 Å². The smallest absolute Gasteiger partial charge is 0.239 e. The number of methoxy groups -OCH3 is 1. The predicted molar refractivity (Wildman–Crippen MR) is 79.3 cm³/mol. The summed E-state index contributed by atoms with van der Waals surface area (Å²) in [5.74, 6) is -0.151. The Morgan fingerprint density at radius 3 is 2.90 bits per heavy atom. The van der Waals surface area contributed by atoms with Crippen LogP contribution in [0.5, 0.6) is 0 Å². The maximum atomic E-state index is 12.2. The second-order valence-corrected chi connectivity index (χ2v) is 6.19. The second-order valence-electron chi connectivity index (χ2n) is 6.19. The van der Waals surface area contributed by atoms with Crippen LogP contribution in [0, 0.1) is 5.41 Å². The van der Waals surface area contributed by atoms with Crippen molar-refractivity contribution in [2.45, 2.75) is 38.8 Å². The molecule has 0 radical (unpaired) electrons. The molecule has 0 heterocycles. The van der Waals surface area contributed by atoms with Crippen molar-refractivity contribution >= 4 is 5.91 Å². The van der Waals surface area contributed by atoms with E-state index in [4.69, 9.17) is 10.5 Å². The van der Waals surface area contributed by atoms with Crippen molar-refractivity contribution in [3.05, 3.63) is 35.4 Å². The molecule has 0 spiro atoms. The molecule has 1 aromatic rings. The van der Waals surface area contributed by atoms with Crippen molar-refractivity contribution in [2.75, 3.05) is 13.7 Å². The fourth-order valence-electron chi connectivity index (χ4n) is 2.84. The van der Waals surface area contributed by atoms with Crippen LogP contribution in [0.3, 0.4) is 0 Å². The van der Waals surface area contributed by atoms with Gasteiger partial charge in [0.25, 0.3) is 0 Å². The number of benzene rings is 1. The Balaban J connectivity index is 2.22. The summed E-state index contributed by atoms with van der Waals surface area (Å²) in [6.07, 6.45) is 2.11.